The summed E-state index contributed by atoms with van der Waals surface area (Å²) in [5.74, 6) is 5.73. The van der Waals surface area contributed by atoms with Crippen LogP contribution in [0.4, 0.5) is 0 Å². The third-order valence-corrected chi connectivity index (χ3v) is 2.42. The monoisotopic (exact) mass is 228 g/mol. The summed E-state index contributed by atoms with van der Waals surface area (Å²) in [5, 5.41) is 0.699. The Labute approximate surface area is 79.7 Å². The van der Waals surface area contributed by atoms with Crippen molar-refractivity contribution in [3.63, 3.8) is 0 Å². The molecule has 0 aliphatic rings. The van der Waals surface area contributed by atoms with Gasteiger partial charge in [0.1, 0.15) is 0 Å². The van der Waals surface area contributed by atoms with E-state index in [4.69, 9.17) is 11.6 Å². The molecule has 0 bridgehead atoms. The zero-order chi connectivity index (χ0) is 8.27. The number of rotatable bonds is 0. The number of hydrogen-bond acceptors (Lipinski definition) is 0. The Morgan fingerprint density at radius 1 is 1.45 bits per heavy atom. The lowest BCUT2D eigenvalue weighted by Gasteiger charge is -1.94. The minimum Gasteiger partial charge on any atom is -0.101 e. The zero-order valence-corrected chi connectivity index (χ0v) is 8.33. The van der Waals surface area contributed by atoms with Gasteiger partial charge >= 0.3 is 0 Å². The van der Waals surface area contributed by atoms with E-state index in [1.807, 2.05) is 18.2 Å². The molecule has 0 radical (unpaired) electrons. The van der Waals surface area contributed by atoms with E-state index < -0.39 is 0 Å². The summed E-state index contributed by atoms with van der Waals surface area (Å²) in [6, 6.07) is 5.65. The van der Waals surface area contributed by atoms with Crippen molar-refractivity contribution >= 4 is 27.5 Å². The molecule has 1 aromatic carbocycles. The van der Waals surface area contributed by atoms with Crippen LogP contribution in [-0.4, -0.2) is 0 Å². The van der Waals surface area contributed by atoms with Crippen molar-refractivity contribution in [1.29, 1.82) is 0 Å². The fourth-order valence-corrected chi connectivity index (χ4v) is 1.15. The van der Waals surface area contributed by atoms with Crippen molar-refractivity contribution < 1.29 is 0 Å². The number of halogens is 2. The molecule has 0 heterocycles. The van der Waals surface area contributed by atoms with Gasteiger partial charge in [-0.25, -0.2) is 0 Å². The lowest BCUT2D eigenvalue weighted by molar-refractivity contribution is 1.60. The highest BCUT2D eigenvalue weighted by molar-refractivity contribution is 9.10. The van der Waals surface area contributed by atoms with E-state index in [0.29, 0.717) is 5.02 Å². The Kier molecular flexibility index (Phi) is 2.99. The minimum absolute atomic E-state index is 0.699. The molecule has 0 nitrogen and oxygen atoms in total. The van der Waals surface area contributed by atoms with Crippen molar-refractivity contribution in [1.82, 2.24) is 0 Å². The maximum absolute atomic E-state index is 5.83. The summed E-state index contributed by atoms with van der Waals surface area (Å²) in [7, 11) is 0. The molecule has 0 unspecified atom stereocenters. The van der Waals surface area contributed by atoms with Gasteiger partial charge in [-0.05, 0) is 41.1 Å². The van der Waals surface area contributed by atoms with Gasteiger partial charge in [0.15, 0.2) is 0 Å². The van der Waals surface area contributed by atoms with Crippen molar-refractivity contribution in [3.05, 3.63) is 33.3 Å². The lowest BCUT2D eigenvalue weighted by Crippen LogP contribution is -1.74. The highest BCUT2D eigenvalue weighted by Gasteiger charge is 1.95. The van der Waals surface area contributed by atoms with Crippen molar-refractivity contribution in [3.8, 4) is 11.8 Å². The second-order valence-electron chi connectivity index (χ2n) is 2.00. The molecule has 1 aromatic rings. The second-order valence-corrected chi connectivity index (χ2v) is 3.27. The van der Waals surface area contributed by atoms with Gasteiger partial charge < -0.3 is 0 Å². The van der Waals surface area contributed by atoms with Gasteiger partial charge in [-0.1, -0.05) is 17.5 Å². The minimum atomic E-state index is 0.699. The highest BCUT2D eigenvalue weighted by Crippen LogP contribution is 2.22. The molecule has 0 amide bonds. The fourth-order valence-electron chi connectivity index (χ4n) is 0.718. The average molecular weight is 230 g/mol. The van der Waals surface area contributed by atoms with Crippen LogP contribution in [-0.2, 0) is 0 Å². The SMILES string of the molecule is CC#Cc1ccc(Br)c(Cl)c1. The summed E-state index contributed by atoms with van der Waals surface area (Å²) in [5.41, 5.74) is 0.945. The maximum atomic E-state index is 5.83. The van der Waals surface area contributed by atoms with Crippen LogP contribution in [0.5, 0.6) is 0 Å². The quantitative estimate of drug-likeness (QED) is 0.598. The maximum Gasteiger partial charge on any atom is 0.0560 e. The van der Waals surface area contributed by atoms with Crippen LogP contribution >= 0.6 is 27.5 Å². The first-order valence-corrected chi connectivity index (χ1v) is 4.29. The van der Waals surface area contributed by atoms with Gasteiger partial charge in [-0.15, -0.1) is 5.92 Å². The van der Waals surface area contributed by atoms with E-state index in [0.717, 1.165) is 10.0 Å². The van der Waals surface area contributed by atoms with Crippen LogP contribution in [0.2, 0.25) is 5.02 Å². The van der Waals surface area contributed by atoms with Gasteiger partial charge in [0.05, 0.1) is 5.02 Å². The van der Waals surface area contributed by atoms with E-state index in [9.17, 15) is 0 Å². The predicted molar refractivity (Wildman–Crippen MR) is 51.7 cm³/mol. The largest absolute Gasteiger partial charge is 0.101 e. The molecule has 0 atom stereocenters. The fraction of sp³-hybridized carbons (Fsp3) is 0.111. The van der Waals surface area contributed by atoms with Gasteiger partial charge in [0, 0.05) is 10.0 Å². The molecular weight excluding hydrogens is 223 g/mol. The standard InChI is InChI=1S/C9H6BrCl/c1-2-3-7-4-5-8(10)9(11)6-7/h4-6H,1H3. The van der Waals surface area contributed by atoms with Gasteiger partial charge in [0.25, 0.3) is 0 Å². The number of benzene rings is 1. The molecule has 0 N–H and O–H groups in total. The molecule has 0 spiro atoms. The van der Waals surface area contributed by atoms with Crippen LogP contribution in [0.1, 0.15) is 12.5 Å². The van der Waals surface area contributed by atoms with Crippen LogP contribution in [0, 0.1) is 11.8 Å². The number of hydrogen-bond donors (Lipinski definition) is 0. The Balaban J connectivity index is 3.12. The average Bonchev–Trinajstić information content (AvgIpc) is 1.98. The molecule has 2 heteroatoms. The Morgan fingerprint density at radius 2 is 2.18 bits per heavy atom. The summed E-state index contributed by atoms with van der Waals surface area (Å²) < 4.78 is 0.904. The van der Waals surface area contributed by atoms with Crippen LogP contribution in [0.25, 0.3) is 0 Å². The molecule has 11 heavy (non-hydrogen) atoms. The Hall–Kier alpha value is -0.450. The molecule has 0 saturated carbocycles. The van der Waals surface area contributed by atoms with Crippen LogP contribution < -0.4 is 0 Å². The zero-order valence-electron chi connectivity index (χ0n) is 5.99. The normalized spacial score (nSPS) is 8.64. The predicted octanol–water partition coefficient (Wildman–Crippen LogP) is 3.47. The molecule has 56 valence electrons. The van der Waals surface area contributed by atoms with Crippen molar-refractivity contribution in [2.45, 2.75) is 6.92 Å². The van der Waals surface area contributed by atoms with E-state index >= 15 is 0 Å². The second kappa shape index (κ2) is 3.80. The smallest absolute Gasteiger partial charge is 0.0560 e. The summed E-state index contributed by atoms with van der Waals surface area (Å²) in [6.45, 7) is 1.80. The summed E-state index contributed by atoms with van der Waals surface area (Å²) >= 11 is 9.14. The topological polar surface area (TPSA) is 0 Å². The lowest BCUT2D eigenvalue weighted by atomic mass is 10.2. The first kappa shape index (κ1) is 8.64. The van der Waals surface area contributed by atoms with E-state index in [-0.39, 0.29) is 0 Å². The van der Waals surface area contributed by atoms with E-state index in [1.165, 1.54) is 0 Å². The van der Waals surface area contributed by atoms with Gasteiger partial charge in [-0.3, -0.25) is 0 Å². The molecule has 1 rings (SSSR count). The van der Waals surface area contributed by atoms with E-state index in [1.54, 1.807) is 6.92 Å². The van der Waals surface area contributed by atoms with Crippen LogP contribution in [0.3, 0.4) is 0 Å². The third-order valence-electron chi connectivity index (χ3n) is 1.19. The Morgan fingerprint density at radius 3 is 2.73 bits per heavy atom. The molecule has 0 saturated heterocycles. The molecule has 0 aliphatic carbocycles. The summed E-state index contributed by atoms with van der Waals surface area (Å²) in [4.78, 5) is 0. The first-order valence-electron chi connectivity index (χ1n) is 3.12. The van der Waals surface area contributed by atoms with Crippen LogP contribution in [0.15, 0.2) is 22.7 Å². The first-order chi connectivity index (χ1) is 5.24. The molecule has 0 aromatic heterocycles. The molecule has 0 aliphatic heterocycles. The highest BCUT2D eigenvalue weighted by atomic mass is 79.9. The van der Waals surface area contributed by atoms with Gasteiger partial charge in [-0.2, -0.15) is 0 Å². The summed E-state index contributed by atoms with van der Waals surface area (Å²) in [6.07, 6.45) is 0. The van der Waals surface area contributed by atoms with E-state index in [2.05, 4.69) is 27.8 Å². The Bertz CT molecular complexity index is 320. The van der Waals surface area contributed by atoms with Crippen molar-refractivity contribution in [2.75, 3.05) is 0 Å². The molecule has 0 fully saturated rings. The third kappa shape index (κ3) is 2.25. The van der Waals surface area contributed by atoms with Crippen molar-refractivity contribution in [2.24, 2.45) is 0 Å². The molecular formula is C9H6BrCl. The van der Waals surface area contributed by atoms with Gasteiger partial charge in [0.2, 0.25) is 0 Å².